The van der Waals surface area contributed by atoms with E-state index in [2.05, 4.69) is 37.9 Å². The lowest BCUT2D eigenvalue weighted by atomic mass is 10.2. The zero-order valence-electron chi connectivity index (χ0n) is 9.58. The second-order valence-corrected chi connectivity index (χ2v) is 3.93. The van der Waals surface area contributed by atoms with E-state index in [-0.39, 0.29) is 5.91 Å². The molecule has 0 rings (SSSR count). The van der Waals surface area contributed by atoms with Crippen LogP contribution in [0.3, 0.4) is 0 Å². The van der Waals surface area contributed by atoms with E-state index in [0.717, 1.165) is 6.54 Å². The van der Waals surface area contributed by atoms with Crippen LogP contribution in [-0.2, 0) is 4.79 Å². The highest BCUT2D eigenvalue weighted by Gasteiger charge is 2.12. The summed E-state index contributed by atoms with van der Waals surface area (Å²) in [6.07, 6.45) is 0. The lowest BCUT2D eigenvalue weighted by Crippen LogP contribution is -2.42. The molecule has 0 aromatic rings. The van der Waals surface area contributed by atoms with E-state index in [9.17, 15) is 4.79 Å². The third-order valence-electron chi connectivity index (χ3n) is 2.16. The van der Waals surface area contributed by atoms with Gasteiger partial charge in [0.15, 0.2) is 0 Å². The van der Waals surface area contributed by atoms with Crippen LogP contribution in [0.5, 0.6) is 0 Å². The third kappa shape index (κ3) is 5.19. The molecule has 0 saturated heterocycles. The van der Waals surface area contributed by atoms with Gasteiger partial charge >= 0.3 is 0 Å². The fraction of sp³-hybridized carbons (Fsp3) is 0.900. The van der Waals surface area contributed by atoms with Crippen molar-refractivity contribution in [3.63, 3.8) is 0 Å². The van der Waals surface area contributed by atoms with Crippen molar-refractivity contribution < 1.29 is 9.90 Å². The van der Waals surface area contributed by atoms with E-state index in [0.29, 0.717) is 18.6 Å². The van der Waals surface area contributed by atoms with Crippen LogP contribution in [0, 0.1) is 0 Å². The first-order chi connectivity index (χ1) is 6.49. The normalized spacial score (nSPS) is 11.4. The van der Waals surface area contributed by atoms with Gasteiger partial charge in [0.2, 0.25) is 5.91 Å². The molecule has 0 aromatic heterocycles. The largest absolute Gasteiger partial charge is 0.387 e. The van der Waals surface area contributed by atoms with Gasteiger partial charge in [0.1, 0.15) is 6.61 Å². The van der Waals surface area contributed by atoms with E-state index in [1.54, 1.807) is 0 Å². The molecule has 4 heteroatoms. The molecule has 0 radical (unpaired) electrons. The van der Waals surface area contributed by atoms with E-state index in [1.165, 1.54) is 0 Å². The van der Waals surface area contributed by atoms with Gasteiger partial charge in [-0.15, -0.1) is 0 Å². The summed E-state index contributed by atoms with van der Waals surface area (Å²) in [6, 6.07) is 0.946. The van der Waals surface area contributed by atoms with Crippen LogP contribution in [-0.4, -0.2) is 47.7 Å². The first-order valence-electron chi connectivity index (χ1n) is 5.12. The number of rotatable bonds is 6. The van der Waals surface area contributed by atoms with Crippen molar-refractivity contribution in [3.05, 3.63) is 0 Å². The second kappa shape index (κ2) is 6.79. The van der Waals surface area contributed by atoms with Gasteiger partial charge < -0.3 is 10.4 Å². The van der Waals surface area contributed by atoms with Crippen molar-refractivity contribution in [2.75, 3.05) is 19.7 Å². The molecule has 14 heavy (non-hydrogen) atoms. The molecule has 2 N–H and O–H groups in total. The van der Waals surface area contributed by atoms with Gasteiger partial charge in [-0.25, -0.2) is 0 Å². The summed E-state index contributed by atoms with van der Waals surface area (Å²) in [5, 5.41) is 11.1. The topological polar surface area (TPSA) is 52.6 Å². The van der Waals surface area contributed by atoms with Gasteiger partial charge in [0.25, 0.3) is 0 Å². The van der Waals surface area contributed by atoms with Gasteiger partial charge in [0.05, 0.1) is 0 Å². The Bertz CT molecular complexity index is 162. The number of hydrogen-bond donors (Lipinski definition) is 2. The summed E-state index contributed by atoms with van der Waals surface area (Å²) in [5.41, 5.74) is 0. The molecule has 0 aliphatic carbocycles. The number of nitrogens with one attached hydrogen (secondary N) is 1. The molecule has 0 fully saturated rings. The summed E-state index contributed by atoms with van der Waals surface area (Å²) >= 11 is 0. The van der Waals surface area contributed by atoms with Gasteiger partial charge in [-0.2, -0.15) is 0 Å². The minimum Gasteiger partial charge on any atom is -0.387 e. The van der Waals surface area contributed by atoms with E-state index >= 15 is 0 Å². The van der Waals surface area contributed by atoms with Crippen molar-refractivity contribution in [1.29, 1.82) is 0 Å². The second-order valence-electron chi connectivity index (χ2n) is 3.93. The molecular formula is C10H22N2O2. The monoisotopic (exact) mass is 202 g/mol. The van der Waals surface area contributed by atoms with Gasteiger partial charge in [0, 0.05) is 25.2 Å². The molecular weight excluding hydrogens is 180 g/mol. The molecule has 0 unspecified atom stereocenters. The summed E-state index contributed by atoms with van der Waals surface area (Å²) in [7, 11) is 0. The van der Waals surface area contributed by atoms with Crippen LogP contribution in [0.2, 0.25) is 0 Å². The first kappa shape index (κ1) is 13.4. The molecule has 0 aliphatic heterocycles. The number of carbonyl (C=O) groups excluding carboxylic acids is 1. The Kier molecular flexibility index (Phi) is 6.49. The number of hydrogen-bond acceptors (Lipinski definition) is 3. The number of nitrogens with zero attached hydrogens (tertiary/aromatic N) is 1. The summed E-state index contributed by atoms with van der Waals surface area (Å²) in [6.45, 7) is 9.52. The number of carbonyl (C=O) groups is 1. The highest BCUT2D eigenvalue weighted by atomic mass is 16.3. The predicted molar refractivity (Wildman–Crippen MR) is 57.1 cm³/mol. The standard InChI is InChI=1S/C10H22N2O2/c1-8(2)12(9(3)4)6-5-11-10(14)7-13/h8-9,13H,5-7H2,1-4H3,(H,11,14). The molecule has 0 aromatic carbocycles. The van der Waals surface area contributed by atoms with Gasteiger partial charge in [-0.05, 0) is 27.7 Å². The third-order valence-corrected chi connectivity index (χ3v) is 2.16. The Balaban J connectivity index is 3.78. The molecule has 0 atom stereocenters. The molecule has 0 aliphatic rings. The minimum absolute atomic E-state index is 0.308. The maximum absolute atomic E-state index is 10.8. The molecule has 0 saturated carbocycles. The van der Waals surface area contributed by atoms with Gasteiger partial charge in [-0.1, -0.05) is 0 Å². The maximum atomic E-state index is 10.8. The summed E-state index contributed by atoms with van der Waals surface area (Å²) in [4.78, 5) is 13.0. The van der Waals surface area contributed by atoms with Crippen LogP contribution >= 0.6 is 0 Å². The lowest BCUT2D eigenvalue weighted by Gasteiger charge is -2.30. The van der Waals surface area contributed by atoms with Crippen molar-refractivity contribution in [2.24, 2.45) is 0 Å². The number of aliphatic hydroxyl groups is 1. The number of amides is 1. The highest BCUT2D eigenvalue weighted by molar-refractivity contribution is 5.76. The van der Waals surface area contributed by atoms with Crippen LogP contribution in [0.25, 0.3) is 0 Å². The molecule has 0 bridgehead atoms. The van der Waals surface area contributed by atoms with E-state index in [4.69, 9.17) is 5.11 Å². The maximum Gasteiger partial charge on any atom is 0.245 e. The van der Waals surface area contributed by atoms with E-state index in [1.807, 2.05) is 0 Å². The molecule has 1 amide bonds. The predicted octanol–water partition coefficient (Wildman–Crippen LogP) is 0.214. The zero-order chi connectivity index (χ0) is 11.1. The SMILES string of the molecule is CC(C)N(CCNC(=O)CO)C(C)C. The Morgan fingerprint density at radius 1 is 1.29 bits per heavy atom. The van der Waals surface area contributed by atoms with Crippen molar-refractivity contribution in [2.45, 2.75) is 39.8 Å². The first-order valence-corrected chi connectivity index (χ1v) is 5.12. The average Bonchev–Trinajstić information content (AvgIpc) is 2.10. The Morgan fingerprint density at radius 3 is 2.14 bits per heavy atom. The van der Waals surface area contributed by atoms with Crippen LogP contribution in [0.15, 0.2) is 0 Å². The quantitative estimate of drug-likeness (QED) is 0.647. The molecule has 84 valence electrons. The van der Waals surface area contributed by atoms with E-state index < -0.39 is 6.61 Å². The highest BCUT2D eigenvalue weighted by Crippen LogP contribution is 2.02. The Morgan fingerprint density at radius 2 is 1.79 bits per heavy atom. The Labute approximate surface area is 86.3 Å². The van der Waals surface area contributed by atoms with Crippen LogP contribution < -0.4 is 5.32 Å². The average molecular weight is 202 g/mol. The fourth-order valence-corrected chi connectivity index (χ4v) is 1.49. The summed E-state index contributed by atoms with van der Waals surface area (Å²) < 4.78 is 0. The molecule has 0 spiro atoms. The van der Waals surface area contributed by atoms with Crippen molar-refractivity contribution >= 4 is 5.91 Å². The smallest absolute Gasteiger partial charge is 0.245 e. The zero-order valence-corrected chi connectivity index (χ0v) is 9.58. The molecule has 4 nitrogen and oxygen atoms in total. The van der Waals surface area contributed by atoms with Gasteiger partial charge in [-0.3, -0.25) is 9.69 Å². The molecule has 0 heterocycles. The lowest BCUT2D eigenvalue weighted by molar-refractivity contribution is -0.123. The number of aliphatic hydroxyl groups excluding tert-OH is 1. The minimum atomic E-state index is -0.427. The van der Waals surface area contributed by atoms with Crippen LogP contribution in [0.1, 0.15) is 27.7 Å². The van der Waals surface area contributed by atoms with Crippen LogP contribution in [0.4, 0.5) is 0 Å². The van der Waals surface area contributed by atoms with Crippen molar-refractivity contribution in [3.8, 4) is 0 Å². The van der Waals surface area contributed by atoms with Crippen molar-refractivity contribution in [1.82, 2.24) is 10.2 Å². The Hall–Kier alpha value is -0.610. The fourth-order valence-electron chi connectivity index (χ4n) is 1.49. The summed E-state index contributed by atoms with van der Waals surface area (Å²) in [5.74, 6) is -0.308.